The third kappa shape index (κ3) is 9.20. The molecule has 0 aliphatic carbocycles. The second-order valence-electron chi connectivity index (χ2n) is 6.65. The number of ether oxygens (including phenoxy) is 1. The van der Waals surface area contributed by atoms with Crippen LogP contribution in [0.5, 0.6) is 0 Å². The van der Waals surface area contributed by atoms with Crippen LogP contribution in [0.4, 0.5) is 5.69 Å². The number of hydrogen-bond acceptors (Lipinski definition) is 6. The van der Waals surface area contributed by atoms with E-state index in [-0.39, 0.29) is 31.3 Å². The Balaban J connectivity index is 2.37. The highest BCUT2D eigenvalue weighted by Gasteiger charge is 2.21. The van der Waals surface area contributed by atoms with E-state index >= 15 is 0 Å². The molecule has 0 radical (unpaired) electrons. The van der Waals surface area contributed by atoms with Gasteiger partial charge in [0.15, 0.2) is 0 Å². The van der Waals surface area contributed by atoms with E-state index in [9.17, 15) is 19.2 Å². The van der Waals surface area contributed by atoms with Crippen LogP contribution in [0, 0.1) is 0 Å². The van der Waals surface area contributed by atoms with Gasteiger partial charge in [-0.2, -0.15) is 0 Å². The third-order valence-corrected chi connectivity index (χ3v) is 4.19. The lowest BCUT2D eigenvalue weighted by atomic mass is 10.1. The highest BCUT2D eigenvalue weighted by molar-refractivity contribution is 5.98. The maximum Gasteiger partial charge on any atom is 0.305 e. The Morgan fingerprint density at radius 2 is 1.52 bits per heavy atom. The largest absolute Gasteiger partial charge is 0.469 e. The SMILES string of the molecule is COC(=O)CCCCC(=O)N[C@@H](C)C(=O)N[C@@H](C)C(=O)Nc1ccc(CO)cc1. The van der Waals surface area contributed by atoms with Gasteiger partial charge < -0.3 is 25.8 Å². The molecule has 29 heavy (non-hydrogen) atoms. The van der Waals surface area contributed by atoms with Crippen LogP contribution >= 0.6 is 0 Å². The number of esters is 1. The first-order valence-electron chi connectivity index (χ1n) is 9.44. The van der Waals surface area contributed by atoms with Crippen LogP contribution in [-0.4, -0.2) is 48.0 Å². The summed E-state index contributed by atoms with van der Waals surface area (Å²) in [7, 11) is 1.31. The number of carbonyl (C=O) groups is 4. The molecule has 0 aromatic heterocycles. The molecule has 0 fully saturated rings. The quantitative estimate of drug-likeness (QED) is 0.318. The molecule has 9 nitrogen and oxygen atoms in total. The van der Waals surface area contributed by atoms with Crippen molar-refractivity contribution in [3.8, 4) is 0 Å². The summed E-state index contributed by atoms with van der Waals surface area (Å²) in [5, 5.41) is 16.8. The van der Waals surface area contributed by atoms with Gasteiger partial charge in [-0.15, -0.1) is 0 Å². The Labute approximate surface area is 170 Å². The summed E-state index contributed by atoms with van der Waals surface area (Å²) in [6.07, 6.45) is 1.46. The van der Waals surface area contributed by atoms with Crippen molar-refractivity contribution < 1.29 is 29.0 Å². The summed E-state index contributed by atoms with van der Waals surface area (Å²) >= 11 is 0. The Morgan fingerprint density at radius 3 is 2.10 bits per heavy atom. The van der Waals surface area contributed by atoms with Crippen molar-refractivity contribution >= 4 is 29.4 Å². The van der Waals surface area contributed by atoms with Crippen molar-refractivity contribution in [3.63, 3.8) is 0 Å². The zero-order chi connectivity index (χ0) is 21.8. The smallest absolute Gasteiger partial charge is 0.305 e. The van der Waals surface area contributed by atoms with Crippen LogP contribution in [0.15, 0.2) is 24.3 Å². The van der Waals surface area contributed by atoms with Gasteiger partial charge >= 0.3 is 5.97 Å². The molecule has 0 aliphatic rings. The van der Waals surface area contributed by atoms with Gasteiger partial charge in [0.1, 0.15) is 12.1 Å². The molecule has 0 saturated heterocycles. The molecule has 160 valence electrons. The Morgan fingerprint density at radius 1 is 0.931 bits per heavy atom. The molecule has 0 bridgehead atoms. The van der Waals surface area contributed by atoms with Crippen molar-refractivity contribution in [2.75, 3.05) is 12.4 Å². The number of hydrogen-bond donors (Lipinski definition) is 4. The summed E-state index contributed by atoms with van der Waals surface area (Å²) in [6, 6.07) is 5.06. The second-order valence-corrected chi connectivity index (χ2v) is 6.65. The van der Waals surface area contributed by atoms with E-state index in [2.05, 4.69) is 20.7 Å². The zero-order valence-electron chi connectivity index (χ0n) is 17.0. The lowest BCUT2D eigenvalue weighted by molar-refractivity contribution is -0.140. The molecular formula is C20H29N3O6. The number of aliphatic hydroxyl groups excluding tert-OH is 1. The standard InChI is InChI=1S/C20H29N3O6/c1-13(21-17(25)6-4-5-7-18(26)29-3)19(27)22-14(2)20(28)23-16-10-8-15(12-24)9-11-16/h8-11,13-14,24H,4-7,12H2,1-3H3,(H,21,25)(H,22,27)(H,23,28)/t13-,14-/m0/s1. The molecule has 0 aliphatic heterocycles. The number of unbranched alkanes of at least 4 members (excludes halogenated alkanes) is 1. The molecule has 9 heteroatoms. The van der Waals surface area contributed by atoms with E-state index in [1.807, 2.05) is 0 Å². The van der Waals surface area contributed by atoms with Crippen LogP contribution < -0.4 is 16.0 Å². The van der Waals surface area contributed by atoms with E-state index in [4.69, 9.17) is 5.11 Å². The fraction of sp³-hybridized carbons (Fsp3) is 0.500. The molecule has 3 amide bonds. The van der Waals surface area contributed by atoms with Gasteiger partial charge in [-0.25, -0.2) is 0 Å². The summed E-state index contributed by atoms with van der Waals surface area (Å²) in [4.78, 5) is 47.3. The van der Waals surface area contributed by atoms with E-state index in [0.29, 0.717) is 18.5 Å². The van der Waals surface area contributed by atoms with Crippen molar-refractivity contribution in [1.82, 2.24) is 10.6 Å². The number of amides is 3. The molecule has 0 heterocycles. The molecule has 1 aromatic rings. The van der Waals surface area contributed by atoms with Gasteiger partial charge in [0.05, 0.1) is 13.7 Å². The van der Waals surface area contributed by atoms with Gasteiger partial charge in [-0.3, -0.25) is 19.2 Å². The van der Waals surface area contributed by atoms with Crippen LogP contribution in [0.1, 0.15) is 45.1 Å². The minimum Gasteiger partial charge on any atom is -0.469 e. The fourth-order valence-electron chi connectivity index (χ4n) is 2.38. The highest BCUT2D eigenvalue weighted by Crippen LogP contribution is 2.10. The first kappa shape index (κ1) is 24.1. The number of benzene rings is 1. The Hall–Kier alpha value is -2.94. The van der Waals surface area contributed by atoms with Gasteiger partial charge in [0.2, 0.25) is 17.7 Å². The van der Waals surface area contributed by atoms with Gasteiger partial charge in [0, 0.05) is 18.5 Å². The Bertz CT molecular complexity index is 705. The van der Waals surface area contributed by atoms with Crippen LogP contribution in [-0.2, 0) is 30.5 Å². The van der Waals surface area contributed by atoms with Crippen molar-refractivity contribution in [2.24, 2.45) is 0 Å². The van der Waals surface area contributed by atoms with Crippen molar-refractivity contribution in [3.05, 3.63) is 29.8 Å². The topological polar surface area (TPSA) is 134 Å². The van der Waals surface area contributed by atoms with E-state index in [1.54, 1.807) is 24.3 Å². The van der Waals surface area contributed by atoms with Crippen LogP contribution in [0.2, 0.25) is 0 Å². The third-order valence-electron chi connectivity index (χ3n) is 4.19. The molecule has 4 N–H and O–H groups in total. The minimum atomic E-state index is -0.806. The van der Waals surface area contributed by atoms with E-state index in [1.165, 1.54) is 21.0 Å². The molecule has 0 unspecified atom stereocenters. The average Bonchev–Trinajstić information content (AvgIpc) is 2.71. The maximum absolute atomic E-state index is 12.2. The number of aliphatic hydroxyl groups is 1. The van der Waals surface area contributed by atoms with E-state index < -0.39 is 23.9 Å². The molecule has 0 saturated carbocycles. The fourth-order valence-corrected chi connectivity index (χ4v) is 2.38. The lowest BCUT2D eigenvalue weighted by Crippen LogP contribution is -2.50. The Kier molecular flexibility index (Phi) is 10.4. The lowest BCUT2D eigenvalue weighted by Gasteiger charge is -2.18. The first-order valence-corrected chi connectivity index (χ1v) is 9.44. The first-order chi connectivity index (χ1) is 13.8. The van der Waals surface area contributed by atoms with Gasteiger partial charge in [0.25, 0.3) is 0 Å². The number of nitrogens with one attached hydrogen (secondary N) is 3. The molecule has 0 spiro atoms. The highest BCUT2D eigenvalue weighted by atomic mass is 16.5. The van der Waals surface area contributed by atoms with Crippen LogP contribution in [0.3, 0.4) is 0 Å². The van der Waals surface area contributed by atoms with Gasteiger partial charge in [-0.05, 0) is 44.4 Å². The zero-order valence-corrected chi connectivity index (χ0v) is 17.0. The van der Waals surface area contributed by atoms with Crippen LogP contribution in [0.25, 0.3) is 0 Å². The molecule has 1 aromatic carbocycles. The number of anilines is 1. The predicted molar refractivity (Wildman–Crippen MR) is 107 cm³/mol. The predicted octanol–water partition coefficient (Wildman–Crippen LogP) is 0.860. The van der Waals surface area contributed by atoms with Crippen molar-refractivity contribution in [1.29, 1.82) is 0 Å². The molecular weight excluding hydrogens is 378 g/mol. The van der Waals surface area contributed by atoms with E-state index in [0.717, 1.165) is 5.56 Å². The summed E-state index contributed by atoms with van der Waals surface area (Å²) in [5.41, 5.74) is 1.26. The second kappa shape index (κ2) is 12.5. The molecule has 2 atom stereocenters. The summed E-state index contributed by atoms with van der Waals surface area (Å²) in [6.45, 7) is 2.98. The maximum atomic E-state index is 12.2. The van der Waals surface area contributed by atoms with Gasteiger partial charge in [-0.1, -0.05) is 12.1 Å². The minimum absolute atomic E-state index is 0.0877. The normalized spacial score (nSPS) is 12.4. The van der Waals surface area contributed by atoms with Crippen molar-refractivity contribution in [2.45, 2.75) is 58.2 Å². The number of carbonyl (C=O) groups excluding carboxylic acids is 4. The molecule has 1 rings (SSSR count). The monoisotopic (exact) mass is 407 g/mol. The summed E-state index contributed by atoms with van der Waals surface area (Å²) in [5.74, 6) is -1.52. The number of methoxy groups -OCH3 is 1. The number of rotatable bonds is 11. The average molecular weight is 407 g/mol. The summed E-state index contributed by atoms with van der Waals surface area (Å²) < 4.78 is 4.52.